The fraction of sp³-hybridized carbons (Fsp3) is 0.533. The Balaban J connectivity index is 1.74. The average molecular weight is 263 g/mol. The van der Waals surface area contributed by atoms with E-state index in [0.29, 0.717) is 11.7 Å². The Morgan fingerprint density at radius 1 is 1.37 bits per heavy atom. The monoisotopic (exact) mass is 263 g/mol. The number of carboxylic acid groups (broad SMARTS) is 1. The van der Waals surface area contributed by atoms with Gasteiger partial charge in [0.05, 0.1) is 11.7 Å². The number of nitrogens with one attached hydrogen (secondary N) is 1. The average Bonchev–Trinajstić information content (AvgIpc) is 2.45. The summed E-state index contributed by atoms with van der Waals surface area (Å²) in [6, 6.07) is 7.17. The molecule has 0 radical (unpaired) electrons. The van der Waals surface area contributed by atoms with Gasteiger partial charge in [0, 0.05) is 13.2 Å². The topological polar surface area (TPSA) is 58.6 Å². The Labute approximate surface area is 113 Å². The number of hydrogen-bond donors (Lipinski definition) is 2. The molecule has 0 aromatic heterocycles. The number of carboxylic acids is 1. The van der Waals surface area contributed by atoms with E-state index in [1.165, 1.54) is 12.8 Å². The molecule has 2 N–H and O–H groups in total. The van der Waals surface area contributed by atoms with Gasteiger partial charge in [-0.3, -0.25) is 0 Å². The minimum atomic E-state index is -0.855. The van der Waals surface area contributed by atoms with Crippen molar-refractivity contribution in [1.82, 2.24) is 5.32 Å². The van der Waals surface area contributed by atoms with Crippen LogP contribution in [0.3, 0.4) is 0 Å². The minimum absolute atomic E-state index is 0.323. The first-order chi connectivity index (χ1) is 9.27. The zero-order valence-corrected chi connectivity index (χ0v) is 11.1. The number of ether oxygens (including phenoxy) is 1. The first kappa shape index (κ1) is 14.0. The Kier molecular flexibility index (Phi) is 5.36. The zero-order valence-electron chi connectivity index (χ0n) is 11.1. The van der Waals surface area contributed by atoms with Crippen LogP contribution < -0.4 is 5.32 Å². The predicted molar refractivity (Wildman–Crippen MR) is 73.6 cm³/mol. The lowest BCUT2D eigenvalue weighted by molar-refractivity contribution is 0.0171. The predicted octanol–water partition coefficient (Wildman–Crippen LogP) is 2.09. The second-order valence-electron chi connectivity index (χ2n) is 4.91. The van der Waals surface area contributed by atoms with E-state index in [4.69, 9.17) is 9.84 Å². The van der Waals surface area contributed by atoms with Crippen LogP contribution in [0.25, 0.3) is 0 Å². The van der Waals surface area contributed by atoms with Crippen molar-refractivity contribution < 1.29 is 14.6 Å². The smallest absolute Gasteiger partial charge is 0.335 e. The molecule has 0 aliphatic carbocycles. The van der Waals surface area contributed by atoms with Crippen LogP contribution in [-0.2, 0) is 11.2 Å². The van der Waals surface area contributed by atoms with Crippen molar-refractivity contribution in [1.29, 1.82) is 0 Å². The van der Waals surface area contributed by atoms with Gasteiger partial charge in [0.15, 0.2) is 0 Å². The molecule has 4 heteroatoms. The van der Waals surface area contributed by atoms with Gasteiger partial charge in [-0.15, -0.1) is 0 Å². The summed E-state index contributed by atoms with van der Waals surface area (Å²) in [5.74, 6) is -0.855. The number of benzene rings is 1. The maximum absolute atomic E-state index is 11.1. The molecule has 1 fully saturated rings. The van der Waals surface area contributed by atoms with E-state index in [0.717, 1.165) is 38.1 Å². The van der Waals surface area contributed by atoms with Crippen molar-refractivity contribution in [2.45, 2.75) is 31.8 Å². The SMILES string of the molecule is O=C(O)c1ccccc1CCNCC1CCCCO1. The van der Waals surface area contributed by atoms with Gasteiger partial charge in [0.1, 0.15) is 0 Å². The number of rotatable bonds is 6. The third-order valence-corrected chi connectivity index (χ3v) is 3.46. The van der Waals surface area contributed by atoms with Crippen LogP contribution >= 0.6 is 0 Å². The third kappa shape index (κ3) is 4.33. The van der Waals surface area contributed by atoms with E-state index >= 15 is 0 Å². The lowest BCUT2D eigenvalue weighted by atomic mass is 10.0. The second kappa shape index (κ2) is 7.26. The molecule has 19 heavy (non-hydrogen) atoms. The fourth-order valence-electron chi connectivity index (χ4n) is 2.40. The first-order valence-electron chi connectivity index (χ1n) is 6.91. The summed E-state index contributed by atoms with van der Waals surface area (Å²) in [5.41, 5.74) is 1.28. The maximum Gasteiger partial charge on any atom is 0.335 e. The van der Waals surface area contributed by atoms with Crippen LogP contribution in [0.15, 0.2) is 24.3 Å². The molecule has 2 rings (SSSR count). The summed E-state index contributed by atoms with van der Waals surface area (Å²) in [4.78, 5) is 11.1. The molecule has 1 unspecified atom stereocenters. The molecule has 1 saturated heterocycles. The quantitative estimate of drug-likeness (QED) is 0.772. The summed E-state index contributed by atoms with van der Waals surface area (Å²) in [5, 5.41) is 12.4. The van der Waals surface area contributed by atoms with E-state index < -0.39 is 5.97 Å². The lowest BCUT2D eigenvalue weighted by Crippen LogP contribution is -2.32. The van der Waals surface area contributed by atoms with Crippen LogP contribution in [0.1, 0.15) is 35.2 Å². The van der Waals surface area contributed by atoms with Crippen LogP contribution in [0.4, 0.5) is 0 Å². The fourth-order valence-corrected chi connectivity index (χ4v) is 2.40. The zero-order chi connectivity index (χ0) is 13.5. The van der Waals surface area contributed by atoms with Crippen LogP contribution in [0, 0.1) is 0 Å². The van der Waals surface area contributed by atoms with Crippen molar-refractivity contribution >= 4 is 5.97 Å². The molecule has 1 atom stereocenters. The second-order valence-corrected chi connectivity index (χ2v) is 4.91. The summed E-state index contributed by atoms with van der Waals surface area (Å²) < 4.78 is 5.64. The summed E-state index contributed by atoms with van der Waals surface area (Å²) in [6.07, 6.45) is 4.59. The van der Waals surface area contributed by atoms with E-state index in [9.17, 15) is 4.79 Å². The molecule has 0 bridgehead atoms. The van der Waals surface area contributed by atoms with Crippen molar-refractivity contribution in [2.75, 3.05) is 19.7 Å². The van der Waals surface area contributed by atoms with Crippen LogP contribution in [-0.4, -0.2) is 36.9 Å². The third-order valence-electron chi connectivity index (χ3n) is 3.46. The van der Waals surface area contributed by atoms with Crippen molar-refractivity contribution in [2.24, 2.45) is 0 Å². The molecular formula is C15H21NO3. The highest BCUT2D eigenvalue weighted by atomic mass is 16.5. The molecule has 1 aromatic rings. The number of aromatic carboxylic acids is 1. The normalized spacial score (nSPS) is 19.3. The number of carbonyl (C=O) groups is 1. The molecule has 0 saturated carbocycles. The Bertz CT molecular complexity index is 414. The van der Waals surface area contributed by atoms with Crippen LogP contribution in [0.5, 0.6) is 0 Å². The van der Waals surface area contributed by atoms with Gasteiger partial charge < -0.3 is 15.2 Å². The highest BCUT2D eigenvalue weighted by Gasteiger charge is 2.13. The molecule has 1 aliphatic rings. The van der Waals surface area contributed by atoms with E-state index in [1.807, 2.05) is 12.1 Å². The number of hydrogen-bond acceptors (Lipinski definition) is 3. The Morgan fingerprint density at radius 3 is 2.95 bits per heavy atom. The van der Waals surface area contributed by atoms with E-state index in [2.05, 4.69) is 5.32 Å². The van der Waals surface area contributed by atoms with Gasteiger partial charge in [-0.1, -0.05) is 18.2 Å². The van der Waals surface area contributed by atoms with Gasteiger partial charge in [-0.2, -0.15) is 0 Å². The molecule has 104 valence electrons. The van der Waals surface area contributed by atoms with Crippen molar-refractivity contribution in [3.63, 3.8) is 0 Å². The highest BCUT2D eigenvalue weighted by molar-refractivity contribution is 5.89. The Morgan fingerprint density at radius 2 is 2.21 bits per heavy atom. The molecule has 4 nitrogen and oxygen atoms in total. The van der Waals surface area contributed by atoms with Gasteiger partial charge in [0.2, 0.25) is 0 Å². The van der Waals surface area contributed by atoms with Gasteiger partial charge in [-0.25, -0.2) is 4.79 Å². The van der Waals surface area contributed by atoms with Crippen molar-refractivity contribution in [3.05, 3.63) is 35.4 Å². The van der Waals surface area contributed by atoms with Gasteiger partial charge in [-0.05, 0) is 43.9 Å². The standard InChI is InChI=1S/C15H21NO3/c17-15(18)14-7-2-1-5-12(14)8-9-16-11-13-6-3-4-10-19-13/h1-2,5,7,13,16H,3-4,6,8-11H2,(H,17,18). The molecule has 1 aromatic carbocycles. The summed E-state index contributed by atoms with van der Waals surface area (Å²) in [6.45, 7) is 2.51. The van der Waals surface area contributed by atoms with E-state index in [-0.39, 0.29) is 0 Å². The first-order valence-corrected chi connectivity index (χ1v) is 6.91. The molecule has 0 spiro atoms. The molecule has 0 amide bonds. The summed E-state index contributed by atoms with van der Waals surface area (Å²) >= 11 is 0. The van der Waals surface area contributed by atoms with Crippen molar-refractivity contribution in [3.8, 4) is 0 Å². The maximum atomic E-state index is 11.1. The molecule has 1 heterocycles. The molecular weight excluding hydrogens is 242 g/mol. The van der Waals surface area contributed by atoms with E-state index in [1.54, 1.807) is 12.1 Å². The molecule has 1 aliphatic heterocycles. The highest BCUT2D eigenvalue weighted by Crippen LogP contribution is 2.12. The minimum Gasteiger partial charge on any atom is -0.478 e. The largest absolute Gasteiger partial charge is 0.478 e. The van der Waals surface area contributed by atoms with Crippen LogP contribution in [0.2, 0.25) is 0 Å². The summed E-state index contributed by atoms with van der Waals surface area (Å²) in [7, 11) is 0. The van der Waals surface area contributed by atoms with Gasteiger partial charge in [0.25, 0.3) is 0 Å². The van der Waals surface area contributed by atoms with Gasteiger partial charge >= 0.3 is 5.97 Å². The Hall–Kier alpha value is -1.39. The lowest BCUT2D eigenvalue weighted by Gasteiger charge is -2.22.